The number of carbonyl (C=O) groups excluding carboxylic acids is 1. The number of hydrogen-bond acceptors (Lipinski definition) is 3. The van der Waals surface area contributed by atoms with Gasteiger partial charge in [-0.05, 0) is 32.4 Å². The van der Waals surface area contributed by atoms with Gasteiger partial charge in [0.05, 0.1) is 11.3 Å². The predicted octanol–water partition coefficient (Wildman–Crippen LogP) is 1.86. The minimum atomic E-state index is -0.150. The Morgan fingerprint density at radius 3 is 2.60 bits per heavy atom. The average molecular weight is 272 g/mol. The fourth-order valence-corrected chi connectivity index (χ4v) is 2.33. The van der Waals surface area contributed by atoms with Crippen LogP contribution in [-0.2, 0) is 13.6 Å². The van der Waals surface area contributed by atoms with Crippen molar-refractivity contribution < 1.29 is 4.79 Å². The van der Waals surface area contributed by atoms with Gasteiger partial charge in [0.25, 0.3) is 5.91 Å². The zero-order chi connectivity index (χ0) is 14.9. The molecule has 1 aromatic heterocycles. The van der Waals surface area contributed by atoms with Gasteiger partial charge in [0.1, 0.15) is 0 Å². The number of nitrogens with zero attached hydrogens (tertiary/aromatic N) is 2. The monoisotopic (exact) mass is 272 g/mol. The van der Waals surface area contributed by atoms with E-state index in [2.05, 4.69) is 10.4 Å². The summed E-state index contributed by atoms with van der Waals surface area (Å²) in [5.74, 6) is -0.150. The van der Waals surface area contributed by atoms with Crippen molar-refractivity contribution in [1.82, 2.24) is 15.1 Å². The van der Waals surface area contributed by atoms with Crippen LogP contribution in [0.15, 0.2) is 18.2 Å². The fraction of sp³-hybridized carbons (Fsp3) is 0.333. The molecule has 0 aliphatic rings. The van der Waals surface area contributed by atoms with Crippen molar-refractivity contribution in [3.63, 3.8) is 0 Å². The van der Waals surface area contributed by atoms with Crippen LogP contribution in [0.4, 0.5) is 5.69 Å². The molecule has 0 radical (unpaired) electrons. The molecule has 0 unspecified atom stereocenters. The van der Waals surface area contributed by atoms with Crippen molar-refractivity contribution in [2.75, 3.05) is 5.73 Å². The van der Waals surface area contributed by atoms with Gasteiger partial charge in [-0.1, -0.05) is 12.1 Å². The number of nitrogen functional groups attached to an aromatic ring is 1. The molecule has 106 valence electrons. The summed E-state index contributed by atoms with van der Waals surface area (Å²) >= 11 is 0. The summed E-state index contributed by atoms with van der Waals surface area (Å²) in [6.07, 6.45) is 0. The quantitative estimate of drug-likeness (QED) is 0.838. The molecule has 20 heavy (non-hydrogen) atoms. The topological polar surface area (TPSA) is 72.9 Å². The molecular weight excluding hydrogens is 252 g/mol. The third-order valence-corrected chi connectivity index (χ3v) is 3.62. The van der Waals surface area contributed by atoms with Crippen molar-refractivity contribution in [3.8, 4) is 0 Å². The Kier molecular flexibility index (Phi) is 3.79. The van der Waals surface area contributed by atoms with Crippen LogP contribution in [0.1, 0.15) is 32.9 Å². The first kappa shape index (κ1) is 14.1. The first-order valence-corrected chi connectivity index (χ1v) is 6.54. The Hall–Kier alpha value is -2.30. The third kappa shape index (κ3) is 2.52. The molecule has 0 spiro atoms. The van der Waals surface area contributed by atoms with Crippen molar-refractivity contribution in [1.29, 1.82) is 0 Å². The molecule has 1 amide bonds. The molecule has 1 aromatic carbocycles. The number of amides is 1. The summed E-state index contributed by atoms with van der Waals surface area (Å²) in [5, 5.41) is 7.26. The van der Waals surface area contributed by atoms with E-state index in [4.69, 9.17) is 5.73 Å². The molecule has 2 aromatic rings. The van der Waals surface area contributed by atoms with Crippen LogP contribution >= 0.6 is 0 Å². The smallest absolute Gasteiger partial charge is 0.253 e. The molecule has 0 saturated heterocycles. The minimum Gasteiger partial charge on any atom is -0.398 e. The highest BCUT2D eigenvalue weighted by Crippen LogP contribution is 2.17. The van der Waals surface area contributed by atoms with E-state index in [0.29, 0.717) is 17.8 Å². The van der Waals surface area contributed by atoms with Gasteiger partial charge in [-0.3, -0.25) is 9.48 Å². The molecular formula is C15H20N4O. The molecule has 0 bridgehead atoms. The van der Waals surface area contributed by atoms with Crippen LogP contribution in [0.2, 0.25) is 0 Å². The standard InChI is InChI=1S/C15H20N4O/c1-9-6-5-7-13(16)14(9)15(20)17-8-12-10(2)18-19(4)11(12)3/h5-7H,8,16H2,1-4H3,(H,17,20). The third-order valence-electron chi connectivity index (χ3n) is 3.62. The second-order valence-electron chi connectivity index (χ2n) is 4.99. The van der Waals surface area contributed by atoms with Crippen LogP contribution in [0, 0.1) is 20.8 Å². The van der Waals surface area contributed by atoms with E-state index in [-0.39, 0.29) is 5.91 Å². The second kappa shape index (κ2) is 5.36. The van der Waals surface area contributed by atoms with Crippen LogP contribution in [0.3, 0.4) is 0 Å². The molecule has 1 heterocycles. The normalized spacial score (nSPS) is 10.6. The van der Waals surface area contributed by atoms with E-state index in [1.807, 2.05) is 44.6 Å². The minimum absolute atomic E-state index is 0.150. The highest BCUT2D eigenvalue weighted by atomic mass is 16.1. The number of benzene rings is 1. The Labute approximate surface area is 118 Å². The summed E-state index contributed by atoms with van der Waals surface area (Å²) in [6, 6.07) is 5.46. The van der Waals surface area contributed by atoms with E-state index < -0.39 is 0 Å². The lowest BCUT2D eigenvalue weighted by Gasteiger charge is -2.10. The summed E-state index contributed by atoms with van der Waals surface area (Å²) in [6.45, 7) is 6.27. The zero-order valence-corrected chi connectivity index (χ0v) is 12.3. The number of rotatable bonds is 3. The fourth-order valence-electron chi connectivity index (χ4n) is 2.33. The van der Waals surface area contributed by atoms with Crippen LogP contribution < -0.4 is 11.1 Å². The molecule has 5 heteroatoms. The molecule has 0 atom stereocenters. The van der Waals surface area contributed by atoms with Gasteiger partial charge in [0.15, 0.2) is 0 Å². The molecule has 5 nitrogen and oxygen atoms in total. The maximum absolute atomic E-state index is 12.3. The molecule has 0 saturated carbocycles. The van der Waals surface area contributed by atoms with E-state index in [0.717, 1.165) is 22.5 Å². The summed E-state index contributed by atoms with van der Waals surface area (Å²) in [7, 11) is 1.90. The number of carbonyl (C=O) groups is 1. The van der Waals surface area contributed by atoms with Gasteiger partial charge in [-0.2, -0.15) is 5.10 Å². The van der Waals surface area contributed by atoms with E-state index in [9.17, 15) is 4.79 Å². The summed E-state index contributed by atoms with van der Waals surface area (Å²) in [5.41, 5.74) is 10.8. The molecule has 0 aliphatic heterocycles. The van der Waals surface area contributed by atoms with Crippen molar-refractivity contribution >= 4 is 11.6 Å². The molecule has 3 N–H and O–H groups in total. The number of nitrogens with one attached hydrogen (secondary N) is 1. The van der Waals surface area contributed by atoms with E-state index >= 15 is 0 Å². The number of nitrogens with two attached hydrogens (primary N) is 1. The van der Waals surface area contributed by atoms with Crippen LogP contribution in [-0.4, -0.2) is 15.7 Å². The second-order valence-corrected chi connectivity index (χ2v) is 4.99. The SMILES string of the molecule is Cc1cccc(N)c1C(=O)NCc1c(C)nn(C)c1C. The lowest BCUT2D eigenvalue weighted by molar-refractivity contribution is 0.0951. The molecule has 0 aliphatic carbocycles. The zero-order valence-electron chi connectivity index (χ0n) is 12.3. The Balaban J connectivity index is 2.17. The highest BCUT2D eigenvalue weighted by Gasteiger charge is 2.14. The van der Waals surface area contributed by atoms with Gasteiger partial charge in [0.2, 0.25) is 0 Å². The Morgan fingerprint density at radius 1 is 1.35 bits per heavy atom. The number of anilines is 1. The highest BCUT2D eigenvalue weighted by molar-refractivity contribution is 6.00. The Bertz CT molecular complexity index is 638. The van der Waals surface area contributed by atoms with Gasteiger partial charge in [-0.25, -0.2) is 0 Å². The molecule has 2 rings (SSSR count). The largest absolute Gasteiger partial charge is 0.398 e. The lowest BCUT2D eigenvalue weighted by atomic mass is 10.1. The van der Waals surface area contributed by atoms with Crippen molar-refractivity contribution in [2.45, 2.75) is 27.3 Å². The Morgan fingerprint density at radius 2 is 2.05 bits per heavy atom. The molecule has 0 fully saturated rings. The van der Waals surface area contributed by atoms with Crippen LogP contribution in [0.5, 0.6) is 0 Å². The summed E-state index contributed by atoms with van der Waals surface area (Å²) < 4.78 is 1.82. The van der Waals surface area contributed by atoms with Crippen LogP contribution in [0.25, 0.3) is 0 Å². The van der Waals surface area contributed by atoms with Gasteiger partial charge >= 0.3 is 0 Å². The first-order valence-electron chi connectivity index (χ1n) is 6.54. The maximum Gasteiger partial charge on any atom is 0.253 e. The lowest BCUT2D eigenvalue weighted by Crippen LogP contribution is -2.25. The van der Waals surface area contributed by atoms with Gasteiger partial charge in [-0.15, -0.1) is 0 Å². The predicted molar refractivity (Wildman–Crippen MR) is 79.4 cm³/mol. The van der Waals surface area contributed by atoms with E-state index in [1.54, 1.807) is 6.07 Å². The van der Waals surface area contributed by atoms with Crippen molar-refractivity contribution in [2.24, 2.45) is 7.05 Å². The average Bonchev–Trinajstić information content (AvgIpc) is 2.61. The van der Waals surface area contributed by atoms with E-state index in [1.165, 1.54) is 0 Å². The van der Waals surface area contributed by atoms with Gasteiger partial charge < -0.3 is 11.1 Å². The maximum atomic E-state index is 12.3. The summed E-state index contributed by atoms with van der Waals surface area (Å²) in [4.78, 5) is 12.3. The number of aryl methyl sites for hydroxylation is 3. The number of aromatic nitrogens is 2. The number of hydrogen-bond donors (Lipinski definition) is 2. The van der Waals surface area contributed by atoms with Crippen molar-refractivity contribution in [3.05, 3.63) is 46.3 Å². The van der Waals surface area contributed by atoms with Gasteiger partial charge in [0, 0.05) is 30.5 Å². The first-order chi connectivity index (χ1) is 9.41.